The van der Waals surface area contributed by atoms with Crippen molar-refractivity contribution >= 4 is 29.1 Å². The number of rotatable bonds is 6. The van der Waals surface area contributed by atoms with Gasteiger partial charge in [0.15, 0.2) is 11.6 Å². The SMILES string of the molecule is CN(C)CCN(C)C(=O)Oc1ccccc1/N=N/c1ccc(N)nc1N. The van der Waals surface area contributed by atoms with Crippen LogP contribution in [0.2, 0.25) is 0 Å². The second kappa shape index (κ2) is 8.77. The fourth-order valence-corrected chi connectivity index (χ4v) is 1.91. The van der Waals surface area contributed by atoms with Crippen molar-refractivity contribution in [2.75, 3.05) is 45.7 Å². The molecule has 0 fully saturated rings. The number of pyridine rings is 1. The third kappa shape index (κ3) is 5.42. The molecule has 2 aromatic rings. The number of nitrogens with two attached hydrogens (primary N) is 2. The summed E-state index contributed by atoms with van der Waals surface area (Å²) >= 11 is 0. The van der Waals surface area contributed by atoms with Gasteiger partial charge in [-0.15, -0.1) is 10.2 Å². The van der Waals surface area contributed by atoms with Crippen LogP contribution in [0, 0.1) is 0 Å². The third-order valence-electron chi connectivity index (χ3n) is 3.45. The van der Waals surface area contributed by atoms with Crippen molar-refractivity contribution in [2.45, 2.75) is 0 Å². The molecule has 0 atom stereocenters. The Morgan fingerprint density at radius 3 is 2.42 bits per heavy atom. The van der Waals surface area contributed by atoms with Gasteiger partial charge in [-0.25, -0.2) is 9.78 Å². The van der Waals surface area contributed by atoms with Crippen LogP contribution in [0.3, 0.4) is 0 Å². The number of hydrogen-bond acceptors (Lipinski definition) is 8. The lowest BCUT2D eigenvalue weighted by molar-refractivity contribution is 0.159. The topological polar surface area (TPSA) is 122 Å². The molecular weight excluding hydrogens is 334 g/mol. The Morgan fingerprint density at radius 2 is 1.73 bits per heavy atom. The Morgan fingerprint density at radius 1 is 1.04 bits per heavy atom. The number of nitrogens with zero attached hydrogens (tertiary/aromatic N) is 5. The van der Waals surface area contributed by atoms with Crippen molar-refractivity contribution in [1.29, 1.82) is 0 Å². The molecule has 26 heavy (non-hydrogen) atoms. The number of benzene rings is 1. The van der Waals surface area contributed by atoms with Gasteiger partial charge in [0.25, 0.3) is 0 Å². The van der Waals surface area contributed by atoms with Gasteiger partial charge in [0.05, 0.1) is 0 Å². The van der Waals surface area contributed by atoms with E-state index in [0.717, 1.165) is 6.54 Å². The number of carbonyl (C=O) groups is 1. The highest BCUT2D eigenvalue weighted by Gasteiger charge is 2.13. The molecule has 2 rings (SSSR count). The van der Waals surface area contributed by atoms with Gasteiger partial charge in [0, 0.05) is 20.1 Å². The van der Waals surface area contributed by atoms with Gasteiger partial charge >= 0.3 is 6.09 Å². The molecule has 0 spiro atoms. The summed E-state index contributed by atoms with van der Waals surface area (Å²) in [5.74, 6) is 0.781. The molecule has 1 aromatic carbocycles. The van der Waals surface area contributed by atoms with E-state index in [9.17, 15) is 4.79 Å². The Labute approximate surface area is 152 Å². The Hall–Kier alpha value is -3.20. The number of anilines is 2. The van der Waals surface area contributed by atoms with Crippen LogP contribution in [-0.4, -0.2) is 55.1 Å². The molecule has 1 heterocycles. The first-order valence-electron chi connectivity index (χ1n) is 7.97. The summed E-state index contributed by atoms with van der Waals surface area (Å²) in [4.78, 5) is 19.6. The molecule has 9 heteroatoms. The highest BCUT2D eigenvalue weighted by atomic mass is 16.6. The van der Waals surface area contributed by atoms with E-state index in [1.54, 1.807) is 43.4 Å². The van der Waals surface area contributed by atoms with Crippen LogP contribution < -0.4 is 16.2 Å². The number of aromatic nitrogens is 1. The van der Waals surface area contributed by atoms with Crippen LogP contribution in [-0.2, 0) is 0 Å². The first-order valence-corrected chi connectivity index (χ1v) is 7.97. The van der Waals surface area contributed by atoms with Gasteiger partial charge in [-0.05, 0) is 38.4 Å². The van der Waals surface area contributed by atoms with Crippen LogP contribution in [0.4, 0.5) is 27.8 Å². The summed E-state index contributed by atoms with van der Waals surface area (Å²) in [7, 11) is 5.55. The fourth-order valence-electron chi connectivity index (χ4n) is 1.91. The molecule has 4 N–H and O–H groups in total. The van der Waals surface area contributed by atoms with Crippen molar-refractivity contribution in [3.8, 4) is 5.75 Å². The molecule has 0 bridgehead atoms. The van der Waals surface area contributed by atoms with Gasteiger partial charge in [-0.3, -0.25) is 0 Å². The van der Waals surface area contributed by atoms with E-state index >= 15 is 0 Å². The van der Waals surface area contributed by atoms with Crippen LogP contribution in [0.15, 0.2) is 46.6 Å². The number of hydrogen-bond donors (Lipinski definition) is 2. The van der Waals surface area contributed by atoms with Crippen molar-refractivity contribution < 1.29 is 9.53 Å². The van der Waals surface area contributed by atoms with Gasteiger partial charge in [0.2, 0.25) is 0 Å². The first kappa shape index (κ1) is 19.1. The third-order valence-corrected chi connectivity index (χ3v) is 3.45. The zero-order valence-corrected chi connectivity index (χ0v) is 15.1. The number of carbonyl (C=O) groups excluding carboxylic acids is 1. The molecule has 9 nitrogen and oxygen atoms in total. The summed E-state index contributed by atoms with van der Waals surface area (Å²) in [6.45, 7) is 1.28. The van der Waals surface area contributed by atoms with E-state index < -0.39 is 6.09 Å². The van der Waals surface area contributed by atoms with Crippen molar-refractivity contribution in [3.63, 3.8) is 0 Å². The molecule has 0 radical (unpaired) electrons. The zero-order chi connectivity index (χ0) is 19.1. The maximum atomic E-state index is 12.2. The van der Waals surface area contributed by atoms with Crippen LogP contribution in [0.1, 0.15) is 0 Å². The molecule has 1 amide bonds. The van der Waals surface area contributed by atoms with E-state index in [-0.39, 0.29) is 5.82 Å². The summed E-state index contributed by atoms with van der Waals surface area (Å²) in [6.07, 6.45) is -0.469. The maximum absolute atomic E-state index is 12.2. The Kier molecular flexibility index (Phi) is 6.45. The summed E-state index contributed by atoms with van der Waals surface area (Å²) in [6, 6.07) is 10.1. The lowest BCUT2D eigenvalue weighted by Crippen LogP contribution is -2.35. The highest BCUT2D eigenvalue weighted by Crippen LogP contribution is 2.30. The Bertz CT molecular complexity index is 792. The lowest BCUT2D eigenvalue weighted by Gasteiger charge is -2.19. The van der Waals surface area contributed by atoms with E-state index in [4.69, 9.17) is 16.2 Å². The normalized spacial score (nSPS) is 11.1. The molecule has 0 saturated heterocycles. The monoisotopic (exact) mass is 357 g/mol. The molecule has 0 unspecified atom stereocenters. The van der Waals surface area contributed by atoms with Gasteiger partial charge in [0.1, 0.15) is 17.2 Å². The summed E-state index contributed by atoms with van der Waals surface area (Å²) in [5, 5.41) is 8.17. The predicted octanol–water partition coefficient (Wildman–Crippen LogP) is 2.65. The fraction of sp³-hybridized carbons (Fsp3) is 0.294. The van der Waals surface area contributed by atoms with Gasteiger partial charge < -0.3 is 26.0 Å². The van der Waals surface area contributed by atoms with E-state index in [1.807, 2.05) is 19.0 Å². The van der Waals surface area contributed by atoms with E-state index in [2.05, 4.69) is 15.2 Å². The lowest BCUT2D eigenvalue weighted by atomic mass is 10.3. The van der Waals surface area contributed by atoms with Gasteiger partial charge in [-0.2, -0.15) is 0 Å². The number of nitrogen functional groups attached to an aromatic ring is 2. The molecule has 0 saturated carbocycles. The highest BCUT2D eigenvalue weighted by molar-refractivity contribution is 5.72. The molecule has 0 aliphatic rings. The van der Waals surface area contributed by atoms with Crippen LogP contribution in [0.25, 0.3) is 0 Å². The van der Waals surface area contributed by atoms with Crippen molar-refractivity contribution in [1.82, 2.24) is 14.8 Å². The molecule has 0 aliphatic heterocycles. The zero-order valence-electron chi connectivity index (χ0n) is 15.1. The summed E-state index contributed by atoms with van der Waals surface area (Å²) in [5.41, 5.74) is 12.1. The smallest absolute Gasteiger partial charge is 0.408 e. The second-order valence-corrected chi connectivity index (χ2v) is 5.90. The second-order valence-electron chi connectivity index (χ2n) is 5.90. The minimum atomic E-state index is -0.469. The largest absolute Gasteiger partial charge is 0.415 e. The molecule has 0 aliphatic carbocycles. The number of azo groups is 1. The minimum absolute atomic E-state index is 0.173. The first-order chi connectivity index (χ1) is 12.4. The standard InChI is InChI=1S/C17H23N7O2/c1-23(2)10-11-24(3)17(25)26-14-7-5-4-6-12(14)21-22-13-8-9-15(18)20-16(13)19/h4-9H,10-11H2,1-3H3,(H4,18,19,20)/b22-21+. The maximum Gasteiger partial charge on any atom is 0.415 e. The minimum Gasteiger partial charge on any atom is -0.408 e. The van der Waals surface area contributed by atoms with Crippen molar-refractivity contribution in [2.24, 2.45) is 10.2 Å². The van der Waals surface area contributed by atoms with Crippen molar-refractivity contribution in [3.05, 3.63) is 36.4 Å². The summed E-state index contributed by atoms with van der Waals surface area (Å²) < 4.78 is 5.43. The number of amides is 1. The van der Waals surface area contributed by atoms with E-state index in [1.165, 1.54) is 4.90 Å². The molecular formula is C17H23N7O2. The average Bonchev–Trinajstić information content (AvgIpc) is 2.60. The number of para-hydroxylation sites is 1. The van der Waals surface area contributed by atoms with Crippen LogP contribution >= 0.6 is 0 Å². The number of ether oxygens (including phenoxy) is 1. The average molecular weight is 357 g/mol. The van der Waals surface area contributed by atoms with E-state index in [0.29, 0.717) is 29.5 Å². The number of likely N-dealkylation sites (N-methyl/N-ethyl adjacent to an activating group) is 2. The molecule has 1 aromatic heterocycles. The molecule has 138 valence electrons. The van der Waals surface area contributed by atoms with Crippen LogP contribution in [0.5, 0.6) is 5.75 Å². The quantitative estimate of drug-likeness (QED) is 0.766. The Balaban J connectivity index is 2.12. The predicted molar refractivity (Wildman–Crippen MR) is 101 cm³/mol. The van der Waals surface area contributed by atoms with Gasteiger partial charge in [-0.1, -0.05) is 12.1 Å².